The van der Waals surface area contributed by atoms with Crippen molar-refractivity contribution in [1.82, 2.24) is 5.16 Å². The Balaban J connectivity index is 2.62. The van der Waals surface area contributed by atoms with Crippen molar-refractivity contribution in [3.05, 3.63) is 35.5 Å². The van der Waals surface area contributed by atoms with Crippen LogP contribution in [0.3, 0.4) is 0 Å². The minimum atomic E-state index is 0.420. The molecule has 0 spiro atoms. The quantitative estimate of drug-likeness (QED) is 0.741. The molecule has 0 radical (unpaired) electrons. The fourth-order valence-corrected chi connectivity index (χ4v) is 1.54. The lowest BCUT2D eigenvalue weighted by Gasteiger charge is -2.06. The van der Waals surface area contributed by atoms with Gasteiger partial charge in [0, 0.05) is 0 Å². The van der Waals surface area contributed by atoms with Gasteiger partial charge in [0.05, 0.1) is 24.4 Å². The Labute approximate surface area is 92.8 Å². The van der Waals surface area contributed by atoms with Crippen LogP contribution in [0.25, 0.3) is 11.3 Å². The molecule has 0 unspecified atom stereocenters. The number of carbonyl (C=O) groups is 1. The van der Waals surface area contributed by atoms with E-state index in [1.54, 1.807) is 7.11 Å². The topological polar surface area (TPSA) is 52.3 Å². The number of carbonyl (C=O) groups excluding carboxylic acids is 1. The number of aldehydes is 1. The fraction of sp³-hybridized carbons (Fsp3) is 0.167. The van der Waals surface area contributed by atoms with Crippen LogP contribution in [0.1, 0.15) is 15.9 Å². The van der Waals surface area contributed by atoms with E-state index in [0.29, 0.717) is 23.4 Å². The van der Waals surface area contributed by atoms with Crippen LogP contribution in [0.5, 0.6) is 5.75 Å². The summed E-state index contributed by atoms with van der Waals surface area (Å²) >= 11 is 0. The Bertz CT molecular complexity index is 517. The zero-order valence-corrected chi connectivity index (χ0v) is 9.06. The normalized spacial score (nSPS) is 10.1. The second-order valence-electron chi connectivity index (χ2n) is 3.43. The summed E-state index contributed by atoms with van der Waals surface area (Å²) in [5, 5.41) is 3.61. The summed E-state index contributed by atoms with van der Waals surface area (Å²) in [6.07, 6.45) is 2.11. The molecule has 1 heterocycles. The second kappa shape index (κ2) is 4.18. The first-order valence-corrected chi connectivity index (χ1v) is 4.81. The van der Waals surface area contributed by atoms with Gasteiger partial charge in [-0.05, 0) is 19.1 Å². The van der Waals surface area contributed by atoms with Crippen molar-refractivity contribution in [3.8, 4) is 17.1 Å². The Hall–Kier alpha value is -2.10. The molecule has 0 amide bonds. The minimum absolute atomic E-state index is 0.420. The van der Waals surface area contributed by atoms with E-state index in [0.717, 1.165) is 11.1 Å². The lowest BCUT2D eigenvalue weighted by molar-refractivity contribution is 0.112. The lowest BCUT2D eigenvalue weighted by Crippen LogP contribution is -1.90. The molecule has 0 atom stereocenters. The van der Waals surface area contributed by atoms with Gasteiger partial charge in [-0.1, -0.05) is 16.8 Å². The Morgan fingerprint density at radius 2 is 2.25 bits per heavy atom. The smallest absolute Gasteiger partial charge is 0.181 e. The average molecular weight is 217 g/mol. The van der Waals surface area contributed by atoms with Gasteiger partial charge in [0.25, 0.3) is 0 Å². The SMILES string of the molecule is COc1ccc(C)cc1-c1oncc1C=O. The van der Waals surface area contributed by atoms with Crippen molar-refractivity contribution >= 4 is 6.29 Å². The van der Waals surface area contributed by atoms with E-state index < -0.39 is 0 Å². The molecule has 0 saturated heterocycles. The predicted molar refractivity (Wildman–Crippen MR) is 58.6 cm³/mol. The number of rotatable bonds is 3. The zero-order valence-electron chi connectivity index (χ0n) is 9.06. The molecule has 4 nitrogen and oxygen atoms in total. The van der Waals surface area contributed by atoms with Crippen molar-refractivity contribution in [3.63, 3.8) is 0 Å². The number of benzene rings is 1. The highest BCUT2D eigenvalue weighted by Gasteiger charge is 2.14. The number of nitrogens with zero attached hydrogens (tertiary/aromatic N) is 1. The Kier molecular flexibility index (Phi) is 2.72. The number of methoxy groups -OCH3 is 1. The first-order chi connectivity index (χ1) is 7.76. The molecule has 2 rings (SSSR count). The van der Waals surface area contributed by atoms with Crippen molar-refractivity contribution < 1.29 is 14.1 Å². The van der Waals surface area contributed by atoms with Gasteiger partial charge in [-0.3, -0.25) is 4.79 Å². The van der Waals surface area contributed by atoms with Gasteiger partial charge in [0.1, 0.15) is 5.75 Å². The Morgan fingerprint density at radius 1 is 1.44 bits per heavy atom. The van der Waals surface area contributed by atoms with E-state index in [1.807, 2.05) is 25.1 Å². The van der Waals surface area contributed by atoms with Crippen molar-refractivity contribution in [2.75, 3.05) is 7.11 Å². The standard InChI is InChI=1S/C12H11NO3/c1-8-3-4-11(15-2)10(5-8)12-9(7-14)6-13-16-12/h3-7H,1-2H3. The second-order valence-corrected chi connectivity index (χ2v) is 3.43. The van der Waals surface area contributed by atoms with Crippen LogP contribution < -0.4 is 4.74 Å². The number of aromatic nitrogens is 1. The van der Waals surface area contributed by atoms with Crippen molar-refractivity contribution in [2.45, 2.75) is 6.92 Å². The average Bonchev–Trinajstić information content (AvgIpc) is 2.76. The van der Waals surface area contributed by atoms with E-state index in [9.17, 15) is 4.79 Å². The van der Waals surface area contributed by atoms with E-state index in [-0.39, 0.29) is 0 Å². The molecule has 1 aromatic heterocycles. The maximum absolute atomic E-state index is 10.8. The third-order valence-electron chi connectivity index (χ3n) is 2.32. The monoisotopic (exact) mass is 217 g/mol. The van der Waals surface area contributed by atoms with Gasteiger partial charge >= 0.3 is 0 Å². The molecular weight excluding hydrogens is 206 g/mol. The fourth-order valence-electron chi connectivity index (χ4n) is 1.54. The first-order valence-electron chi connectivity index (χ1n) is 4.81. The third-order valence-corrected chi connectivity index (χ3v) is 2.32. The minimum Gasteiger partial charge on any atom is -0.496 e. The molecule has 2 aromatic rings. The summed E-state index contributed by atoms with van der Waals surface area (Å²) in [5.41, 5.74) is 2.22. The molecule has 0 aliphatic carbocycles. The van der Waals surface area contributed by atoms with Crippen LogP contribution in [0, 0.1) is 6.92 Å². The molecule has 0 fully saturated rings. The molecule has 0 N–H and O–H groups in total. The molecule has 1 aromatic carbocycles. The number of aryl methyl sites for hydroxylation is 1. The summed E-state index contributed by atoms with van der Waals surface area (Å²) < 4.78 is 10.3. The van der Waals surface area contributed by atoms with Crippen LogP contribution >= 0.6 is 0 Å². The van der Waals surface area contributed by atoms with Crippen LogP contribution in [-0.2, 0) is 0 Å². The maximum Gasteiger partial charge on any atom is 0.181 e. The van der Waals surface area contributed by atoms with Gasteiger partial charge in [-0.15, -0.1) is 0 Å². The Morgan fingerprint density at radius 3 is 2.94 bits per heavy atom. The van der Waals surface area contributed by atoms with Crippen LogP contribution in [-0.4, -0.2) is 18.6 Å². The van der Waals surface area contributed by atoms with Gasteiger partial charge in [-0.25, -0.2) is 0 Å². The molecule has 0 aliphatic heterocycles. The number of hydrogen-bond donors (Lipinski definition) is 0. The van der Waals surface area contributed by atoms with E-state index in [1.165, 1.54) is 6.20 Å². The number of ether oxygens (including phenoxy) is 1. The van der Waals surface area contributed by atoms with Crippen LogP contribution in [0.15, 0.2) is 28.9 Å². The van der Waals surface area contributed by atoms with Gasteiger partial charge in [0.15, 0.2) is 12.0 Å². The summed E-state index contributed by atoms with van der Waals surface area (Å²) in [7, 11) is 1.57. The summed E-state index contributed by atoms with van der Waals surface area (Å²) in [6.45, 7) is 1.96. The van der Waals surface area contributed by atoms with E-state index >= 15 is 0 Å². The lowest BCUT2D eigenvalue weighted by atomic mass is 10.1. The molecule has 0 bridgehead atoms. The van der Waals surface area contributed by atoms with Crippen LogP contribution in [0.4, 0.5) is 0 Å². The highest BCUT2D eigenvalue weighted by atomic mass is 16.5. The first kappa shape index (κ1) is 10.4. The summed E-state index contributed by atoms with van der Waals surface area (Å²) in [6, 6.07) is 5.66. The number of hydrogen-bond acceptors (Lipinski definition) is 4. The van der Waals surface area contributed by atoms with E-state index in [4.69, 9.17) is 9.26 Å². The highest BCUT2D eigenvalue weighted by Crippen LogP contribution is 2.32. The van der Waals surface area contributed by atoms with Gasteiger partial charge in [0.2, 0.25) is 0 Å². The summed E-state index contributed by atoms with van der Waals surface area (Å²) in [4.78, 5) is 10.8. The van der Waals surface area contributed by atoms with Gasteiger partial charge < -0.3 is 9.26 Å². The molecule has 16 heavy (non-hydrogen) atoms. The largest absolute Gasteiger partial charge is 0.496 e. The molecule has 4 heteroatoms. The van der Waals surface area contributed by atoms with E-state index in [2.05, 4.69) is 5.16 Å². The highest BCUT2D eigenvalue weighted by molar-refractivity contribution is 5.86. The molecular formula is C12H11NO3. The maximum atomic E-state index is 10.8. The molecule has 0 aliphatic rings. The zero-order chi connectivity index (χ0) is 11.5. The summed E-state index contributed by atoms with van der Waals surface area (Å²) in [5.74, 6) is 1.10. The van der Waals surface area contributed by atoms with Crippen molar-refractivity contribution in [1.29, 1.82) is 0 Å². The third kappa shape index (κ3) is 1.69. The molecule has 0 saturated carbocycles. The predicted octanol–water partition coefficient (Wildman–Crippen LogP) is 2.47. The van der Waals surface area contributed by atoms with Crippen molar-refractivity contribution in [2.24, 2.45) is 0 Å². The van der Waals surface area contributed by atoms with Gasteiger partial charge in [-0.2, -0.15) is 0 Å². The van der Waals surface area contributed by atoms with Crippen LogP contribution in [0.2, 0.25) is 0 Å². The molecule has 82 valence electrons.